The van der Waals surface area contributed by atoms with E-state index < -0.39 is 12.0 Å². The third kappa shape index (κ3) is 6.26. The van der Waals surface area contributed by atoms with Gasteiger partial charge in [0.2, 0.25) is 5.91 Å². The van der Waals surface area contributed by atoms with Gasteiger partial charge in [0.25, 0.3) is 0 Å². The van der Waals surface area contributed by atoms with E-state index in [0.717, 1.165) is 12.8 Å². The molecule has 0 bridgehead atoms. The largest absolute Gasteiger partial charge is 0.480 e. The van der Waals surface area contributed by atoms with Crippen LogP contribution in [0.2, 0.25) is 0 Å². The molecule has 3 N–H and O–H groups in total. The van der Waals surface area contributed by atoms with Crippen molar-refractivity contribution in [3.63, 3.8) is 0 Å². The SMILES string of the molecule is CC(C)CC(NCCC(=O)NC1CC1)C(=O)O. The monoisotopic (exact) mass is 242 g/mol. The molecule has 17 heavy (non-hydrogen) atoms. The first-order valence-corrected chi connectivity index (χ1v) is 6.24. The van der Waals surface area contributed by atoms with Crippen molar-refractivity contribution in [2.45, 2.75) is 51.6 Å². The molecule has 0 saturated heterocycles. The highest BCUT2D eigenvalue weighted by atomic mass is 16.4. The van der Waals surface area contributed by atoms with Gasteiger partial charge in [-0.15, -0.1) is 0 Å². The van der Waals surface area contributed by atoms with Crippen LogP contribution in [0.3, 0.4) is 0 Å². The Morgan fingerprint density at radius 2 is 2.00 bits per heavy atom. The van der Waals surface area contributed by atoms with Crippen molar-refractivity contribution in [3.8, 4) is 0 Å². The average Bonchev–Trinajstić information content (AvgIpc) is 2.99. The Bertz CT molecular complexity index is 275. The number of nitrogens with one attached hydrogen (secondary N) is 2. The summed E-state index contributed by atoms with van der Waals surface area (Å²) < 4.78 is 0. The van der Waals surface area contributed by atoms with E-state index in [-0.39, 0.29) is 5.91 Å². The van der Waals surface area contributed by atoms with Gasteiger partial charge in [-0.05, 0) is 25.2 Å². The fraction of sp³-hybridized carbons (Fsp3) is 0.833. The van der Waals surface area contributed by atoms with E-state index in [4.69, 9.17) is 5.11 Å². The quantitative estimate of drug-likeness (QED) is 0.586. The second kappa shape index (κ2) is 6.59. The van der Waals surface area contributed by atoms with E-state index in [9.17, 15) is 9.59 Å². The van der Waals surface area contributed by atoms with E-state index in [1.807, 2.05) is 13.8 Å². The fourth-order valence-corrected chi connectivity index (χ4v) is 1.63. The number of carboxylic acid groups (broad SMARTS) is 1. The van der Waals surface area contributed by atoms with Gasteiger partial charge in [-0.25, -0.2) is 0 Å². The molecular formula is C12H22N2O3. The maximum absolute atomic E-state index is 11.4. The Kier molecular flexibility index (Phi) is 5.41. The zero-order valence-corrected chi connectivity index (χ0v) is 10.5. The lowest BCUT2D eigenvalue weighted by Crippen LogP contribution is -2.40. The summed E-state index contributed by atoms with van der Waals surface area (Å²) >= 11 is 0. The first-order valence-electron chi connectivity index (χ1n) is 6.24. The van der Waals surface area contributed by atoms with Crippen molar-refractivity contribution in [1.82, 2.24) is 10.6 Å². The van der Waals surface area contributed by atoms with E-state index in [1.165, 1.54) is 0 Å². The highest BCUT2D eigenvalue weighted by Gasteiger charge is 2.23. The minimum Gasteiger partial charge on any atom is -0.480 e. The van der Waals surface area contributed by atoms with Crippen LogP contribution in [0.4, 0.5) is 0 Å². The van der Waals surface area contributed by atoms with Gasteiger partial charge in [-0.3, -0.25) is 9.59 Å². The second-order valence-electron chi connectivity index (χ2n) is 5.07. The number of rotatable bonds is 8. The molecule has 0 radical (unpaired) electrons. The van der Waals surface area contributed by atoms with Gasteiger partial charge in [0.15, 0.2) is 0 Å². The molecule has 0 aromatic carbocycles. The highest BCUT2D eigenvalue weighted by molar-refractivity contribution is 5.77. The van der Waals surface area contributed by atoms with Crippen LogP contribution in [-0.4, -0.2) is 35.6 Å². The van der Waals surface area contributed by atoms with Crippen molar-refractivity contribution in [1.29, 1.82) is 0 Å². The third-order valence-corrected chi connectivity index (χ3v) is 2.69. The molecule has 1 atom stereocenters. The number of hydrogen-bond acceptors (Lipinski definition) is 3. The molecule has 1 aliphatic carbocycles. The lowest BCUT2D eigenvalue weighted by atomic mass is 10.0. The first-order chi connectivity index (χ1) is 7.99. The molecule has 0 aromatic rings. The molecule has 1 saturated carbocycles. The summed E-state index contributed by atoms with van der Waals surface area (Å²) in [7, 11) is 0. The number of hydrogen-bond donors (Lipinski definition) is 3. The molecule has 1 amide bonds. The van der Waals surface area contributed by atoms with Gasteiger partial charge in [-0.1, -0.05) is 13.8 Å². The van der Waals surface area contributed by atoms with Crippen molar-refractivity contribution in [2.75, 3.05) is 6.54 Å². The molecule has 0 aromatic heterocycles. The molecule has 1 fully saturated rings. The first kappa shape index (κ1) is 14.0. The summed E-state index contributed by atoms with van der Waals surface area (Å²) in [6, 6.07) is -0.183. The summed E-state index contributed by atoms with van der Waals surface area (Å²) in [5, 5.41) is 14.8. The zero-order chi connectivity index (χ0) is 12.8. The summed E-state index contributed by atoms with van der Waals surface area (Å²) in [5.74, 6) is -0.515. The second-order valence-corrected chi connectivity index (χ2v) is 5.07. The summed E-state index contributed by atoms with van der Waals surface area (Å²) in [6.45, 7) is 4.39. The molecule has 98 valence electrons. The van der Waals surface area contributed by atoms with Gasteiger partial charge < -0.3 is 15.7 Å². The fourth-order valence-electron chi connectivity index (χ4n) is 1.63. The van der Waals surface area contributed by atoms with Crippen molar-refractivity contribution in [2.24, 2.45) is 5.92 Å². The molecule has 1 unspecified atom stereocenters. The van der Waals surface area contributed by atoms with Crippen LogP contribution in [0.5, 0.6) is 0 Å². The minimum absolute atomic E-state index is 0.00804. The van der Waals surface area contributed by atoms with E-state index in [2.05, 4.69) is 10.6 Å². The number of aliphatic carboxylic acids is 1. The standard InChI is InChI=1S/C12H22N2O3/c1-8(2)7-10(12(16)17)13-6-5-11(15)14-9-3-4-9/h8-10,13H,3-7H2,1-2H3,(H,14,15)(H,16,17). The molecule has 0 spiro atoms. The highest BCUT2D eigenvalue weighted by Crippen LogP contribution is 2.18. The third-order valence-electron chi connectivity index (χ3n) is 2.69. The molecule has 0 heterocycles. The topological polar surface area (TPSA) is 78.4 Å². The Hall–Kier alpha value is -1.10. The van der Waals surface area contributed by atoms with Gasteiger partial charge in [0, 0.05) is 19.0 Å². The predicted molar refractivity (Wildman–Crippen MR) is 64.7 cm³/mol. The molecule has 1 aliphatic rings. The minimum atomic E-state index is -0.846. The Morgan fingerprint density at radius 3 is 2.47 bits per heavy atom. The molecule has 5 nitrogen and oxygen atoms in total. The van der Waals surface area contributed by atoms with Gasteiger partial charge in [0.1, 0.15) is 6.04 Å². The Morgan fingerprint density at radius 1 is 1.35 bits per heavy atom. The number of carbonyl (C=O) groups excluding carboxylic acids is 1. The maximum Gasteiger partial charge on any atom is 0.320 e. The lowest BCUT2D eigenvalue weighted by Gasteiger charge is -2.16. The van der Waals surface area contributed by atoms with Crippen molar-refractivity contribution >= 4 is 11.9 Å². The number of carboxylic acids is 1. The Balaban J connectivity index is 2.16. The van der Waals surface area contributed by atoms with Crippen LogP contribution in [0.1, 0.15) is 39.5 Å². The van der Waals surface area contributed by atoms with Crippen molar-refractivity contribution in [3.05, 3.63) is 0 Å². The summed E-state index contributed by atoms with van der Waals surface area (Å²) in [4.78, 5) is 22.3. The van der Waals surface area contributed by atoms with Crippen LogP contribution < -0.4 is 10.6 Å². The zero-order valence-electron chi connectivity index (χ0n) is 10.5. The van der Waals surface area contributed by atoms with Gasteiger partial charge in [-0.2, -0.15) is 0 Å². The molecular weight excluding hydrogens is 220 g/mol. The molecule has 1 rings (SSSR count). The molecule has 0 aliphatic heterocycles. The van der Waals surface area contributed by atoms with Crippen LogP contribution in [0, 0.1) is 5.92 Å². The van der Waals surface area contributed by atoms with E-state index >= 15 is 0 Å². The Labute approximate surface area is 102 Å². The van der Waals surface area contributed by atoms with Crippen molar-refractivity contribution < 1.29 is 14.7 Å². The van der Waals surface area contributed by atoms with Crippen LogP contribution in [-0.2, 0) is 9.59 Å². The van der Waals surface area contributed by atoms with Crippen LogP contribution in [0.25, 0.3) is 0 Å². The van der Waals surface area contributed by atoms with E-state index in [1.54, 1.807) is 0 Å². The predicted octanol–water partition coefficient (Wildman–Crippen LogP) is 0.744. The normalized spacial score (nSPS) is 16.9. The molecule has 5 heteroatoms. The number of carbonyl (C=O) groups is 2. The maximum atomic E-state index is 11.4. The van der Waals surface area contributed by atoms with Gasteiger partial charge in [0.05, 0.1) is 0 Å². The van der Waals surface area contributed by atoms with E-state index in [0.29, 0.717) is 31.3 Å². The van der Waals surface area contributed by atoms with Crippen LogP contribution in [0.15, 0.2) is 0 Å². The van der Waals surface area contributed by atoms with Crippen LogP contribution >= 0.6 is 0 Å². The summed E-state index contributed by atoms with van der Waals surface area (Å²) in [5.41, 5.74) is 0. The smallest absolute Gasteiger partial charge is 0.320 e. The van der Waals surface area contributed by atoms with Gasteiger partial charge >= 0.3 is 5.97 Å². The number of amides is 1. The average molecular weight is 242 g/mol. The lowest BCUT2D eigenvalue weighted by molar-refractivity contribution is -0.140. The summed E-state index contributed by atoms with van der Waals surface area (Å²) in [6.07, 6.45) is 3.08.